The summed E-state index contributed by atoms with van der Waals surface area (Å²) >= 11 is 2.90. The van der Waals surface area contributed by atoms with Gasteiger partial charge in [-0.3, -0.25) is 24.3 Å². The minimum absolute atomic E-state index is 0. The SMILES string of the molecule is CC1=[C-]CC(c2ccccc2F)=C1.CC1=[C-]CC(c2ccccc2F)=C1.CC1=[C-]CC(c2ccccc2F)=C1.CC1=[C-]CC(c2ccccc2F)=C1.C[Si](C)=[Hf+2].C[Si](C)=[Hf+2].Cl.Cl. The zero-order chi connectivity index (χ0) is 44.2. The van der Waals surface area contributed by atoms with Gasteiger partial charge in [0.15, 0.2) is 0 Å². The topological polar surface area (TPSA) is 0 Å². The average molecular weight is 1240 g/mol. The molecule has 0 fully saturated rings. The number of benzene rings is 4. The predicted octanol–water partition coefficient (Wildman–Crippen LogP) is 15.9. The standard InChI is InChI=1S/4C12H10F.2C2H6Si.2ClH.2Hf/c4*1-9-6-7-10(8-9)11-4-2-3-5-12(11)13;2*1-3-2;;;;/h4*2-5,8H,7H2,1H3;2*1-2H3;2*1H;;/q4*-1;;;;;2*+2. The molecule has 0 amide bonds. The molecule has 4 aromatic carbocycles. The molecule has 8 rings (SSSR count). The zero-order valence-electron chi connectivity index (χ0n) is 36.7. The Bertz CT molecular complexity index is 2070. The summed E-state index contributed by atoms with van der Waals surface area (Å²) in [6.45, 7) is 17.2. The zero-order valence-corrected chi connectivity index (χ0v) is 47.5. The summed E-state index contributed by atoms with van der Waals surface area (Å²) in [6.07, 6.45) is 23.5. The molecule has 0 unspecified atom stereocenters. The van der Waals surface area contributed by atoms with Gasteiger partial charge in [0.25, 0.3) is 0 Å². The maximum absolute atomic E-state index is 13.3. The van der Waals surface area contributed by atoms with Gasteiger partial charge < -0.3 is 0 Å². The molecule has 10 heteroatoms. The molecule has 4 aliphatic carbocycles. The maximum Gasteiger partial charge on any atom is -0.147 e. The third kappa shape index (κ3) is 20.8. The van der Waals surface area contributed by atoms with Crippen molar-refractivity contribution in [3.8, 4) is 0 Å². The summed E-state index contributed by atoms with van der Waals surface area (Å²) < 4.78 is 53.2. The fourth-order valence-corrected chi connectivity index (χ4v) is 5.97. The van der Waals surface area contributed by atoms with E-state index in [9.17, 15) is 17.6 Å². The first-order valence-corrected chi connectivity index (χ1v) is 35.5. The number of hydrogen-bond acceptors (Lipinski definition) is 0. The maximum atomic E-state index is 13.3. The van der Waals surface area contributed by atoms with E-state index in [1.54, 1.807) is 48.5 Å². The monoisotopic (exact) mass is 1240 g/mol. The fraction of sp³-hybridized carbons (Fsp3) is 0.231. The Morgan fingerprint density at radius 1 is 0.371 bits per heavy atom. The first-order chi connectivity index (χ1) is 28.5. The van der Waals surface area contributed by atoms with Crippen molar-refractivity contribution in [2.45, 2.75) is 79.6 Å². The molecular formula is C52H54Cl2F4Hf2Si2. The van der Waals surface area contributed by atoms with Crippen LogP contribution in [0.2, 0.25) is 26.2 Å². The van der Waals surface area contributed by atoms with Crippen LogP contribution < -0.4 is 0 Å². The summed E-state index contributed by atoms with van der Waals surface area (Å²) in [5.74, 6) is -0.592. The van der Waals surface area contributed by atoms with Crippen LogP contribution in [0, 0.1) is 47.6 Å². The number of hydrogen-bond donors (Lipinski definition) is 0. The van der Waals surface area contributed by atoms with Gasteiger partial charge in [-0.1, -0.05) is 100 Å². The van der Waals surface area contributed by atoms with Gasteiger partial charge in [0.2, 0.25) is 0 Å². The van der Waals surface area contributed by atoms with Crippen LogP contribution in [0.4, 0.5) is 17.6 Å². The van der Waals surface area contributed by atoms with E-state index >= 15 is 0 Å². The quantitative estimate of drug-likeness (QED) is 0.109. The van der Waals surface area contributed by atoms with Crippen molar-refractivity contribution in [2.24, 2.45) is 0 Å². The van der Waals surface area contributed by atoms with Gasteiger partial charge in [0.1, 0.15) is 23.3 Å². The van der Waals surface area contributed by atoms with Gasteiger partial charge in [0, 0.05) is 0 Å². The van der Waals surface area contributed by atoms with Crippen LogP contribution in [0.1, 0.15) is 75.6 Å². The van der Waals surface area contributed by atoms with E-state index in [0.29, 0.717) is 22.3 Å². The van der Waals surface area contributed by atoms with E-state index in [1.165, 1.54) is 70.3 Å². The van der Waals surface area contributed by atoms with Gasteiger partial charge in [-0.25, -0.2) is 64.2 Å². The van der Waals surface area contributed by atoms with Crippen molar-refractivity contribution >= 4 is 58.1 Å². The Kier molecular flexibility index (Phi) is 28.1. The van der Waals surface area contributed by atoms with Crippen molar-refractivity contribution in [2.75, 3.05) is 0 Å². The molecule has 320 valence electrons. The van der Waals surface area contributed by atoms with Gasteiger partial charge in [-0.05, 0) is 46.5 Å². The fourth-order valence-electron chi connectivity index (χ4n) is 5.97. The Balaban J connectivity index is 0.000000386. The Hall–Kier alpha value is -2.73. The summed E-state index contributed by atoms with van der Waals surface area (Å²) in [4.78, 5) is 0. The van der Waals surface area contributed by atoms with Crippen molar-refractivity contribution < 1.29 is 63.6 Å². The van der Waals surface area contributed by atoms with Gasteiger partial charge in [0.05, 0.1) is 0 Å². The van der Waals surface area contributed by atoms with Crippen LogP contribution in [0.5, 0.6) is 0 Å². The number of rotatable bonds is 4. The normalized spacial score (nSPS) is 13.9. The van der Waals surface area contributed by atoms with Crippen LogP contribution in [0.15, 0.2) is 144 Å². The second-order valence-electron chi connectivity index (χ2n) is 14.7. The number of halogens is 6. The smallest absolute Gasteiger partial charge is 0.147 e. The second kappa shape index (κ2) is 30.4. The summed E-state index contributed by atoms with van der Waals surface area (Å²) in [5.41, 5.74) is 11.8. The van der Waals surface area contributed by atoms with Crippen molar-refractivity contribution in [1.82, 2.24) is 0 Å². The van der Waals surface area contributed by atoms with E-state index in [-0.39, 0.29) is 59.1 Å². The van der Waals surface area contributed by atoms with Gasteiger partial charge in [-0.15, -0.1) is 72.8 Å². The van der Waals surface area contributed by atoms with Crippen molar-refractivity contribution in [1.29, 1.82) is 0 Å². The molecule has 0 saturated carbocycles. The molecule has 0 saturated heterocycles. The molecule has 0 atom stereocenters. The van der Waals surface area contributed by atoms with Gasteiger partial charge in [-0.2, -0.15) is 0 Å². The molecule has 0 aromatic heterocycles. The molecular weight excluding hydrogens is 1180 g/mol. The molecule has 4 aliphatic rings. The first kappa shape index (κ1) is 57.3. The minimum Gasteiger partial charge on any atom is -0.147 e. The first-order valence-electron chi connectivity index (χ1n) is 19.7. The molecule has 0 aliphatic heterocycles. The van der Waals surface area contributed by atoms with Gasteiger partial charge >= 0.3 is 83.2 Å². The molecule has 0 nitrogen and oxygen atoms in total. The molecule has 0 radical (unpaired) electrons. The summed E-state index contributed by atoms with van der Waals surface area (Å²) in [5, 5.41) is 0. The van der Waals surface area contributed by atoms with E-state index in [0.717, 1.165) is 70.3 Å². The molecule has 4 aromatic rings. The predicted molar refractivity (Wildman–Crippen MR) is 255 cm³/mol. The van der Waals surface area contributed by atoms with Crippen molar-refractivity contribution in [3.63, 3.8) is 0 Å². The van der Waals surface area contributed by atoms with E-state index in [1.807, 2.05) is 76.3 Å². The van der Waals surface area contributed by atoms with E-state index in [4.69, 9.17) is 0 Å². The molecule has 0 N–H and O–H groups in total. The molecule has 0 heterocycles. The van der Waals surface area contributed by atoms with E-state index < -0.39 is 0 Å². The van der Waals surface area contributed by atoms with Crippen LogP contribution in [0.25, 0.3) is 22.3 Å². The summed E-state index contributed by atoms with van der Waals surface area (Å²) in [6, 6.07) is 27.4. The van der Waals surface area contributed by atoms with E-state index in [2.05, 4.69) is 50.5 Å². The largest absolute Gasteiger partial charge is 0.147 e. The molecule has 62 heavy (non-hydrogen) atoms. The minimum atomic E-state index is -0.148. The summed E-state index contributed by atoms with van der Waals surface area (Å²) in [7, 11) is 0. The van der Waals surface area contributed by atoms with Crippen LogP contribution >= 0.6 is 24.8 Å². The van der Waals surface area contributed by atoms with Crippen molar-refractivity contribution in [3.05, 3.63) is 213 Å². The third-order valence-electron chi connectivity index (χ3n) is 8.67. The third-order valence-corrected chi connectivity index (χ3v) is 8.67. The van der Waals surface area contributed by atoms with Crippen LogP contribution in [-0.4, -0.2) is 11.0 Å². The molecule has 0 bridgehead atoms. The van der Waals surface area contributed by atoms with Crippen LogP contribution in [-0.2, 0) is 46.0 Å². The Morgan fingerprint density at radius 2 is 0.532 bits per heavy atom. The Morgan fingerprint density at radius 3 is 0.661 bits per heavy atom. The Labute approximate surface area is 411 Å². The van der Waals surface area contributed by atoms with Crippen LogP contribution in [0.3, 0.4) is 0 Å². The average Bonchev–Trinajstić information content (AvgIpc) is 4.02. The number of allylic oxidation sites excluding steroid dienone is 16. The molecule has 0 spiro atoms. The second-order valence-corrected chi connectivity index (χ2v) is 40.3.